The van der Waals surface area contributed by atoms with Gasteiger partial charge in [-0.25, -0.2) is 0 Å². The molecular weight excluding hydrogens is 307 g/mol. The van der Waals surface area contributed by atoms with E-state index in [0.717, 1.165) is 31.6 Å². The molecule has 3 rings (SSSR count). The maximum absolute atomic E-state index is 9.50. The molecule has 2 N–H and O–H groups in total. The maximum atomic E-state index is 9.50. The van der Waals surface area contributed by atoms with Gasteiger partial charge in [-0.05, 0) is 41.5 Å². The van der Waals surface area contributed by atoms with Crippen LogP contribution in [-0.2, 0) is 0 Å². The molecule has 0 bridgehead atoms. The van der Waals surface area contributed by atoms with Crippen molar-refractivity contribution in [3.8, 4) is 5.75 Å². The van der Waals surface area contributed by atoms with Crippen molar-refractivity contribution in [2.24, 2.45) is 0 Å². The molecule has 2 aromatic carbocycles. The zero-order valence-corrected chi connectivity index (χ0v) is 13.7. The van der Waals surface area contributed by atoms with Crippen molar-refractivity contribution in [3.63, 3.8) is 0 Å². The molecule has 1 fully saturated rings. The Balaban J connectivity index is 0.00000110. The molecule has 0 unspecified atom stereocenters. The number of hydrogen-bond donors (Lipinski definition) is 2. The molecule has 0 amide bonds. The molecule has 0 aromatic heterocycles. The van der Waals surface area contributed by atoms with Gasteiger partial charge in [-0.1, -0.05) is 18.2 Å². The maximum Gasteiger partial charge on any atom is 0.116 e. The third kappa shape index (κ3) is 4.01. The zero-order chi connectivity index (χ0) is 13.2. The lowest BCUT2D eigenvalue weighted by Crippen LogP contribution is -2.44. The van der Waals surface area contributed by atoms with Crippen LogP contribution >= 0.6 is 24.8 Å². The van der Waals surface area contributed by atoms with Gasteiger partial charge in [0.25, 0.3) is 0 Å². The molecule has 1 aliphatic rings. The second-order valence-electron chi connectivity index (χ2n) is 5.25. The molecule has 1 heterocycles. The molecule has 0 saturated carbocycles. The Bertz CT molecular complexity index is 585. The molecule has 0 aliphatic carbocycles. The van der Waals surface area contributed by atoms with E-state index >= 15 is 0 Å². The average molecular weight is 329 g/mol. The van der Waals surface area contributed by atoms with Gasteiger partial charge in [0, 0.05) is 32.2 Å². The highest BCUT2D eigenvalue weighted by Crippen LogP contribution is 2.26. The molecule has 5 heteroatoms. The Hall–Kier alpha value is -1.000. The number of hydrogen-bond acceptors (Lipinski definition) is 3. The standard InChI is InChI=1S/C16H20N2O.2ClH/c1-12(18-8-6-17-7-9-18)13-2-3-15-11-16(19)5-4-14(15)10-13;;/h2-5,10-12,17,19H,6-9H2,1H3;2*1H/t12-;;/m0../s1. The van der Waals surface area contributed by atoms with E-state index in [9.17, 15) is 5.11 Å². The first-order valence-electron chi connectivity index (χ1n) is 6.91. The Morgan fingerprint density at radius 1 is 1.00 bits per heavy atom. The number of phenolic OH excluding ortho intramolecular Hbond substituents is 1. The quantitative estimate of drug-likeness (QED) is 0.887. The molecule has 3 nitrogen and oxygen atoms in total. The van der Waals surface area contributed by atoms with Crippen LogP contribution in [0.1, 0.15) is 18.5 Å². The summed E-state index contributed by atoms with van der Waals surface area (Å²) in [5, 5.41) is 15.2. The van der Waals surface area contributed by atoms with Crippen molar-refractivity contribution in [2.75, 3.05) is 26.2 Å². The van der Waals surface area contributed by atoms with Crippen LogP contribution in [0.2, 0.25) is 0 Å². The van der Waals surface area contributed by atoms with E-state index in [1.54, 1.807) is 6.07 Å². The third-order valence-corrected chi connectivity index (χ3v) is 4.03. The average Bonchev–Trinajstić information content (AvgIpc) is 2.47. The predicted octanol–water partition coefficient (Wildman–Crippen LogP) is 3.36. The largest absolute Gasteiger partial charge is 0.508 e. The van der Waals surface area contributed by atoms with E-state index in [4.69, 9.17) is 0 Å². The summed E-state index contributed by atoms with van der Waals surface area (Å²) in [5.74, 6) is 0.329. The van der Waals surface area contributed by atoms with Crippen molar-refractivity contribution in [1.82, 2.24) is 10.2 Å². The molecule has 1 atom stereocenters. The van der Waals surface area contributed by atoms with Crippen LogP contribution in [0.15, 0.2) is 36.4 Å². The van der Waals surface area contributed by atoms with Crippen LogP contribution < -0.4 is 5.32 Å². The summed E-state index contributed by atoms with van der Waals surface area (Å²) in [4.78, 5) is 2.51. The zero-order valence-electron chi connectivity index (χ0n) is 12.1. The van der Waals surface area contributed by atoms with E-state index in [2.05, 4.69) is 35.3 Å². The second-order valence-corrected chi connectivity index (χ2v) is 5.25. The summed E-state index contributed by atoms with van der Waals surface area (Å²) < 4.78 is 0. The van der Waals surface area contributed by atoms with Gasteiger partial charge in [-0.3, -0.25) is 4.90 Å². The van der Waals surface area contributed by atoms with Crippen molar-refractivity contribution >= 4 is 35.6 Å². The summed E-state index contributed by atoms with van der Waals surface area (Å²) in [7, 11) is 0. The van der Waals surface area contributed by atoms with Gasteiger partial charge in [-0.2, -0.15) is 0 Å². The lowest BCUT2D eigenvalue weighted by molar-refractivity contribution is 0.185. The smallest absolute Gasteiger partial charge is 0.116 e. The SMILES string of the molecule is C[C@@H](c1ccc2cc(O)ccc2c1)N1CCNCC1.Cl.Cl. The fourth-order valence-corrected chi connectivity index (χ4v) is 2.79. The summed E-state index contributed by atoms with van der Waals surface area (Å²) in [5.41, 5.74) is 1.35. The van der Waals surface area contributed by atoms with Crippen molar-refractivity contribution < 1.29 is 5.11 Å². The number of aromatic hydroxyl groups is 1. The van der Waals surface area contributed by atoms with E-state index in [-0.39, 0.29) is 24.8 Å². The number of piperazine rings is 1. The van der Waals surface area contributed by atoms with Gasteiger partial charge >= 0.3 is 0 Å². The van der Waals surface area contributed by atoms with E-state index < -0.39 is 0 Å². The number of benzene rings is 2. The topological polar surface area (TPSA) is 35.5 Å². The summed E-state index contributed by atoms with van der Waals surface area (Å²) in [6.45, 7) is 6.63. The van der Waals surface area contributed by atoms with Gasteiger partial charge in [0.2, 0.25) is 0 Å². The lowest BCUT2D eigenvalue weighted by atomic mass is 10.0. The van der Waals surface area contributed by atoms with Gasteiger partial charge < -0.3 is 10.4 Å². The number of nitrogens with one attached hydrogen (secondary N) is 1. The van der Waals surface area contributed by atoms with Crippen molar-refractivity contribution in [2.45, 2.75) is 13.0 Å². The van der Waals surface area contributed by atoms with Crippen LogP contribution in [0.25, 0.3) is 10.8 Å². The first-order valence-corrected chi connectivity index (χ1v) is 6.91. The van der Waals surface area contributed by atoms with E-state index in [0.29, 0.717) is 11.8 Å². The van der Waals surface area contributed by atoms with Crippen LogP contribution in [0.4, 0.5) is 0 Å². The van der Waals surface area contributed by atoms with Crippen LogP contribution in [0.5, 0.6) is 5.75 Å². The monoisotopic (exact) mass is 328 g/mol. The van der Waals surface area contributed by atoms with Crippen molar-refractivity contribution in [1.29, 1.82) is 0 Å². The number of phenols is 1. The molecule has 21 heavy (non-hydrogen) atoms. The minimum Gasteiger partial charge on any atom is -0.508 e. The molecule has 1 saturated heterocycles. The number of fused-ring (bicyclic) bond motifs is 1. The molecule has 116 valence electrons. The number of nitrogens with zero attached hydrogens (tertiary/aromatic N) is 1. The van der Waals surface area contributed by atoms with Gasteiger partial charge in [-0.15, -0.1) is 24.8 Å². The predicted molar refractivity (Wildman–Crippen MR) is 93.0 cm³/mol. The Kier molecular flexibility index (Phi) is 6.75. The van der Waals surface area contributed by atoms with Crippen LogP contribution in [0.3, 0.4) is 0 Å². The Morgan fingerprint density at radius 3 is 2.33 bits per heavy atom. The van der Waals surface area contributed by atoms with E-state index in [1.165, 1.54) is 10.9 Å². The minimum absolute atomic E-state index is 0. The minimum atomic E-state index is 0. The first kappa shape index (κ1) is 18.1. The highest BCUT2D eigenvalue weighted by atomic mass is 35.5. The fourth-order valence-electron chi connectivity index (χ4n) is 2.79. The van der Waals surface area contributed by atoms with Gasteiger partial charge in [0.1, 0.15) is 5.75 Å². The Labute approximate surface area is 138 Å². The summed E-state index contributed by atoms with van der Waals surface area (Å²) >= 11 is 0. The fraction of sp³-hybridized carbons (Fsp3) is 0.375. The van der Waals surface area contributed by atoms with E-state index in [1.807, 2.05) is 12.1 Å². The molecule has 1 aliphatic heterocycles. The summed E-state index contributed by atoms with van der Waals surface area (Å²) in [6, 6.07) is 12.5. The normalized spacial score (nSPS) is 16.8. The number of halogens is 2. The summed E-state index contributed by atoms with van der Waals surface area (Å²) in [6.07, 6.45) is 0. The third-order valence-electron chi connectivity index (χ3n) is 4.03. The van der Waals surface area contributed by atoms with Crippen LogP contribution in [0, 0.1) is 0 Å². The number of rotatable bonds is 2. The molecular formula is C16H22Cl2N2O. The van der Waals surface area contributed by atoms with Crippen molar-refractivity contribution in [3.05, 3.63) is 42.0 Å². The van der Waals surface area contributed by atoms with Gasteiger partial charge in [0.15, 0.2) is 0 Å². The molecule has 0 radical (unpaired) electrons. The second kappa shape index (κ2) is 7.85. The molecule has 2 aromatic rings. The Morgan fingerprint density at radius 2 is 1.62 bits per heavy atom. The first-order chi connectivity index (χ1) is 9.24. The lowest BCUT2D eigenvalue weighted by Gasteiger charge is -2.33. The van der Waals surface area contributed by atoms with Gasteiger partial charge in [0.05, 0.1) is 0 Å². The highest BCUT2D eigenvalue weighted by molar-refractivity contribution is 5.86. The van der Waals surface area contributed by atoms with Crippen LogP contribution in [-0.4, -0.2) is 36.2 Å². The molecule has 0 spiro atoms. The highest BCUT2D eigenvalue weighted by Gasteiger charge is 2.17.